The number of hydrogen-bond acceptors (Lipinski definition) is 4. The van der Waals surface area contributed by atoms with Crippen LogP contribution in [0.4, 0.5) is 0 Å². The molecule has 0 fully saturated rings. The molecule has 0 aliphatic carbocycles. The van der Waals surface area contributed by atoms with Gasteiger partial charge in [-0.3, -0.25) is 4.79 Å². The Bertz CT molecular complexity index is 700. The van der Waals surface area contributed by atoms with Gasteiger partial charge in [0.1, 0.15) is 12.6 Å². The number of carboxylic acids is 1. The van der Waals surface area contributed by atoms with Gasteiger partial charge in [0.15, 0.2) is 11.5 Å². The first kappa shape index (κ1) is 19.8. The van der Waals surface area contributed by atoms with Crippen molar-refractivity contribution in [2.75, 3.05) is 7.11 Å². The minimum atomic E-state index is -0.826. The summed E-state index contributed by atoms with van der Waals surface area (Å²) in [7, 11) is 1.60. The molecule has 0 aliphatic rings. The van der Waals surface area contributed by atoms with E-state index in [0.29, 0.717) is 37.0 Å². The topological polar surface area (TPSA) is 67.8 Å². The number of ether oxygens (including phenoxy) is 2. The van der Waals surface area contributed by atoms with E-state index in [1.807, 2.05) is 62.4 Å². The number of methoxy groups -OCH3 is 1. The maximum atomic E-state index is 11.4. The molecule has 5 heteroatoms. The third-order valence-corrected chi connectivity index (χ3v) is 4.02. The number of aliphatic carboxylic acids is 1. The number of carboxylic acid groups (broad SMARTS) is 1. The van der Waals surface area contributed by atoms with Crippen LogP contribution in [0.1, 0.15) is 31.4 Å². The third kappa shape index (κ3) is 6.08. The smallest absolute Gasteiger partial charge is 0.320 e. The van der Waals surface area contributed by atoms with Gasteiger partial charge in [0.2, 0.25) is 0 Å². The van der Waals surface area contributed by atoms with Crippen molar-refractivity contribution in [3.05, 3.63) is 59.7 Å². The van der Waals surface area contributed by atoms with E-state index in [2.05, 4.69) is 5.32 Å². The molecule has 2 aromatic rings. The predicted molar refractivity (Wildman–Crippen MR) is 101 cm³/mol. The van der Waals surface area contributed by atoms with Crippen LogP contribution in [-0.2, 0) is 17.9 Å². The van der Waals surface area contributed by atoms with Crippen LogP contribution in [-0.4, -0.2) is 24.2 Å². The Morgan fingerprint density at radius 2 is 1.81 bits per heavy atom. The molecular weight excluding hydrogens is 330 g/mol. The summed E-state index contributed by atoms with van der Waals surface area (Å²) >= 11 is 0. The van der Waals surface area contributed by atoms with Gasteiger partial charge >= 0.3 is 5.97 Å². The lowest BCUT2D eigenvalue weighted by Crippen LogP contribution is -2.37. The largest absolute Gasteiger partial charge is 0.493 e. The van der Waals surface area contributed by atoms with Crippen LogP contribution in [0.25, 0.3) is 0 Å². The van der Waals surface area contributed by atoms with E-state index >= 15 is 0 Å². The maximum Gasteiger partial charge on any atom is 0.320 e. The van der Waals surface area contributed by atoms with Gasteiger partial charge in [-0.25, -0.2) is 0 Å². The molecule has 140 valence electrons. The van der Waals surface area contributed by atoms with Crippen molar-refractivity contribution in [1.29, 1.82) is 0 Å². The van der Waals surface area contributed by atoms with E-state index in [1.54, 1.807) is 7.11 Å². The summed E-state index contributed by atoms with van der Waals surface area (Å²) in [5.41, 5.74) is 2.02. The summed E-state index contributed by atoms with van der Waals surface area (Å²) in [6.45, 7) is 4.93. The van der Waals surface area contributed by atoms with Crippen LogP contribution in [0.15, 0.2) is 48.5 Å². The minimum absolute atomic E-state index is 0.309. The fourth-order valence-electron chi connectivity index (χ4n) is 2.66. The monoisotopic (exact) mass is 357 g/mol. The lowest BCUT2D eigenvalue weighted by atomic mass is 10.0. The highest BCUT2D eigenvalue weighted by molar-refractivity contribution is 5.73. The van der Waals surface area contributed by atoms with Gasteiger partial charge < -0.3 is 19.9 Å². The zero-order chi connectivity index (χ0) is 18.9. The molecule has 0 radical (unpaired) electrons. The summed E-state index contributed by atoms with van der Waals surface area (Å²) in [5.74, 6) is 0.782. The number of hydrogen-bond donors (Lipinski definition) is 2. The van der Waals surface area contributed by atoms with Gasteiger partial charge in [-0.1, -0.05) is 50.2 Å². The van der Waals surface area contributed by atoms with E-state index in [9.17, 15) is 9.90 Å². The highest BCUT2D eigenvalue weighted by atomic mass is 16.5. The molecule has 0 bridgehead atoms. The van der Waals surface area contributed by atoms with Crippen LogP contribution in [0, 0.1) is 5.92 Å². The van der Waals surface area contributed by atoms with Crippen LogP contribution >= 0.6 is 0 Å². The Labute approximate surface area is 155 Å². The SMILES string of the molecule is COc1ccc(CN[C@@H](CC(C)C)C(=O)O)cc1OCc1ccccc1. The molecule has 26 heavy (non-hydrogen) atoms. The first-order valence-corrected chi connectivity index (χ1v) is 8.79. The molecule has 0 amide bonds. The Kier molecular flexibility index (Phi) is 7.48. The van der Waals surface area contributed by atoms with Crippen molar-refractivity contribution in [2.24, 2.45) is 5.92 Å². The van der Waals surface area contributed by atoms with Gasteiger partial charge in [-0.15, -0.1) is 0 Å². The Morgan fingerprint density at radius 1 is 1.08 bits per heavy atom. The molecule has 2 rings (SSSR count). The quantitative estimate of drug-likeness (QED) is 0.676. The maximum absolute atomic E-state index is 11.4. The molecule has 2 aromatic carbocycles. The summed E-state index contributed by atoms with van der Waals surface area (Å²) in [6, 6.07) is 15.0. The van der Waals surface area contributed by atoms with Crippen molar-refractivity contribution in [3.8, 4) is 11.5 Å². The highest BCUT2D eigenvalue weighted by Crippen LogP contribution is 2.29. The molecule has 0 aliphatic heterocycles. The highest BCUT2D eigenvalue weighted by Gasteiger charge is 2.18. The molecule has 2 N–H and O–H groups in total. The van der Waals surface area contributed by atoms with Crippen LogP contribution in [0.5, 0.6) is 11.5 Å². The molecular formula is C21H27NO4. The van der Waals surface area contributed by atoms with E-state index in [1.165, 1.54) is 0 Å². The van der Waals surface area contributed by atoms with Gasteiger partial charge in [0.25, 0.3) is 0 Å². The molecule has 0 heterocycles. The summed E-state index contributed by atoms with van der Waals surface area (Å²) in [5, 5.41) is 12.4. The molecule has 1 atom stereocenters. The normalized spacial score (nSPS) is 12.0. The first-order chi connectivity index (χ1) is 12.5. The second-order valence-electron chi connectivity index (χ2n) is 6.66. The lowest BCUT2D eigenvalue weighted by molar-refractivity contribution is -0.140. The Balaban J connectivity index is 2.04. The lowest BCUT2D eigenvalue weighted by Gasteiger charge is -2.17. The van der Waals surface area contributed by atoms with Gasteiger partial charge in [0.05, 0.1) is 7.11 Å². The summed E-state index contributed by atoms with van der Waals surface area (Å²) in [4.78, 5) is 11.4. The average molecular weight is 357 g/mol. The molecule has 0 unspecified atom stereocenters. The van der Waals surface area contributed by atoms with Gasteiger partial charge in [-0.05, 0) is 35.6 Å². The Morgan fingerprint density at radius 3 is 2.42 bits per heavy atom. The van der Waals surface area contributed by atoms with E-state index in [-0.39, 0.29) is 0 Å². The predicted octanol–water partition coefficient (Wildman–Crippen LogP) is 3.86. The van der Waals surface area contributed by atoms with Crippen LogP contribution in [0.2, 0.25) is 0 Å². The minimum Gasteiger partial charge on any atom is -0.493 e. The van der Waals surface area contributed by atoms with E-state index in [0.717, 1.165) is 11.1 Å². The van der Waals surface area contributed by atoms with Crippen LogP contribution < -0.4 is 14.8 Å². The summed E-state index contributed by atoms with van der Waals surface area (Å²) in [6.07, 6.45) is 0.586. The first-order valence-electron chi connectivity index (χ1n) is 8.79. The van der Waals surface area contributed by atoms with Gasteiger partial charge in [-0.2, -0.15) is 0 Å². The average Bonchev–Trinajstić information content (AvgIpc) is 2.63. The van der Waals surface area contributed by atoms with Crippen molar-refractivity contribution in [1.82, 2.24) is 5.32 Å². The van der Waals surface area contributed by atoms with Crippen molar-refractivity contribution < 1.29 is 19.4 Å². The van der Waals surface area contributed by atoms with E-state index < -0.39 is 12.0 Å². The number of rotatable bonds is 10. The number of nitrogens with one attached hydrogen (secondary N) is 1. The molecule has 5 nitrogen and oxygen atoms in total. The molecule has 0 saturated carbocycles. The number of carbonyl (C=O) groups is 1. The fourth-order valence-corrected chi connectivity index (χ4v) is 2.66. The number of benzene rings is 2. The zero-order valence-corrected chi connectivity index (χ0v) is 15.6. The van der Waals surface area contributed by atoms with Gasteiger partial charge in [0, 0.05) is 6.54 Å². The van der Waals surface area contributed by atoms with Crippen molar-refractivity contribution in [2.45, 2.75) is 39.5 Å². The fraction of sp³-hybridized carbons (Fsp3) is 0.381. The summed E-state index contributed by atoms with van der Waals surface area (Å²) < 4.78 is 11.3. The van der Waals surface area contributed by atoms with E-state index in [4.69, 9.17) is 9.47 Å². The second-order valence-corrected chi connectivity index (χ2v) is 6.66. The van der Waals surface area contributed by atoms with Crippen molar-refractivity contribution >= 4 is 5.97 Å². The third-order valence-electron chi connectivity index (χ3n) is 4.02. The zero-order valence-electron chi connectivity index (χ0n) is 15.6. The molecule has 0 aromatic heterocycles. The standard InChI is InChI=1S/C21H27NO4/c1-15(2)11-18(21(23)24)22-13-17-9-10-19(25-3)20(12-17)26-14-16-7-5-4-6-8-16/h4-10,12,15,18,22H,11,13-14H2,1-3H3,(H,23,24)/t18-/m0/s1. The molecule has 0 spiro atoms. The second kappa shape index (κ2) is 9.82. The van der Waals surface area contributed by atoms with Crippen LogP contribution in [0.3, 0.4) is 0 Å². The van der Waals surface area contributed by atoms with Crippen molar-refractivity contribution in [3.63, 3.8) is 0 Å². The molecule has 0 saturated heterocycles. The Hall–Kier alpha value is -2.53.